The Labute approximate surface area is 187 Å². The zero-order valence-electron chi connectivity index (χ0n) is 19.8. The minimum absolute atomic E-state index is 0.0359. The number of aliphatic hydroxyl groups excluding tert-OH is 2. The van der Waals surface area contributed by atoms with E-state index in [1.165, 1.54) is 43.8 Å². The summed E-state index contributed by atoms with van der Waals surface area (Å²) in [5, 5.41) is 19.8. The molecule has 3 saturated carbocycles. The van der Waals surface area contributed by atoms with Gasteiger partial charge >= 0.3 is 0 Å². The van der Waals surface area contributed by atoms with E-state index in [0.29, 0.717) is 17.8 Å². The first-order valence-electron chi connectivity index (χ1n) is 12.3. The number of hydrogen-bond donors (Lipinski definition) is 2. The second kappa shape index (κ2) is 9.47. The Morgan fingerprint density at radius 3 is 2.52 bits per heavy atom. The van der Waals surface area contributed by atoms with Crippen LogP contribution in [0.15, 0.2) is 35.5 Å². The van der Waals surface area contributed by atoms with Crippen molar-refractivity contribution in [2.24, 2.45) is 29.1 Å². The highest BCUT2D eigenvalue weighted by Crippen LogP contribution is 2.60. The molecule has 0 aromatic rings. The molecule has 0 aromatic heterocycles. The van der Waals surface area contributed by atoms with E-state index in [1.54, 1.807) is 0 Å². The van der Waals surface area contributed by atoms with E-state index in [-0.39, 0.29) is 23.0 Å². The molecule has 0 amide bonds. The molecule has 0 spiro atoms. The van der Waals surface area contributed by atoms with Gasteiger partial charge < -0.3 is 10.2 Å². The molecular weight excluding hydrogens is 394 g/mol. The predicted octanol–water partition coefficient (Wildman–Crippen LogP) is 6.84. The monoisotopic (exact) mass is 436 g/mol. The fourth-order valence-electron chi connectivity index (χ4n) is 6.75. The first-order valence-corrected chi connectivity index (χ1v) is 12.3. The fourth-order valence-corrected chi connectivity index (χ4v) is 6.75. The average molecular weight is 437 g/mol. The Balaban J connectivity index is 1.79. The molecule has 0 aromatic carbocycles. The van der Waals surface area contributed by atoms with Crippen molar-refractivity contribution in [2.75, 3.05) is 0 Å². The van der Waals surface area contributed by atoms with E-state index in [9.17, 15) is 19.0 Å². The second-order valence-corrected chi connectivity index (χ2v) is 11.1. The molecule has 0 saturated heterocycles. The summed E-state index contributed by atoms with van der Waals surface area (Å²) >= 11 is 0. The molecule has 31 heavy (non-hydrogen) atoms. The molecule has 0 unspecified atom stereocenters. The van der Waals surface area contributed by atoms with Gasteiger partial charge in [-0.3, -0.25) is 0 Å². The summed E-state index contributed by atoms with van der Waals surface area (Å²) < 4.78 is 29.2. The summed E-state index contributed by atoms with van der Waals surface area (Å²) in [4.78, 5) is 0. The summed E-state index contributed by atoms with van der Waals surface area (Å²) in [5.41, 5.74) is 1.23. The van der Waals surface area contributed by atoms with Gasteiger partial charge in [-0.25, -0.2) is 0 Å². The summed E-state index contributed by atoms with van der Waals surface area (Å²) in [7, 11) is 0. The van der Waals surface area contributed by atoms with Crippen molar-refractivity contribution in [3.05, 3.63) is 35.5 Å². The largest absolute Gasteiger partial charge is 0.388 e. The SMILES string of the molecule is C=C1/C(=C/C=C2\CCC[C@]3(C)[C@@H]([C@H](C)CCCC(C)C)CC[C@@H]23)C(F)(F)[C@@H](O)C[C@@H]1O. The van der Waals surface area contributed by atoms with Crippen LogP contribution in [-0.4, -0.2) is 28.3 Å². The molecule has 0 bridgehead atoms. The van der Waals surface area contributed by atoms with Crippen molar-refractivity contribution < 1.29 is 19.0 Å². The second-order valence-electron chi connectivity index (χ2n) is 11.1. The Morgan fingerprint density at radius 2 is 1.84 bits per heavy atom. The van der Waals surface area contributed by atoms with Crippen LogP contribution in [-0.2, 0) is 0 Å². The van der Waals surface area contributed by atoms with Crippen LogP contribution < -0.4 is 0 Å². The topological polar surface area (TPSA) is 40.5 Å². The highest BCUT2D eigenvalue weighted by atomic mass is 19.3. The lowest BCUT2D eigenvalue weighted by atomic mass is 9.60. The zero-order valence-corrected chi connectivity index (χ0v) is 19.8. The molecule has 2 nitrogen and oxygen atoms in total. The molecule has 0 aliphatic heterocycles. The van der Waals surface area contributed by atoms with Crippen LogP contribution in [0, 0.1) is 29.1 Å². The summed E-state index contributed by atoms with van der Waals surface area (Å²) in [6.45, 7) is 13.1. The van der Waals surface area contributed by atoms with Gasteiger partial charge in [0.1, 0.15) is 6.10 Å². The van der Waals surface area contributed by atoms with Gasteiger partial charge in [-0.2, -0.15) is 8.78 Å². The van der Waals surface area contributed by atoms with Gasteiger partial charge in [0.25, 0.3) is 5.92 Å². The van der Waals surface area contributed by atoms with Crippen LogP contribution in [0.3, 0.4) is 0 Å². The van der Waals surface area contributed by atoms with Crippen molar-refractivity contribution in [1.29, 1.82) is 0 Å². The van der Waals surface area contributed by atoms with E-state index in [2.05, 4.69) is 34.3 Å². The van der Waals surface area contributed by atoms with Gasteiger partial charge in [0, 0.05) is 12.0 Å². The van der Waals surface area contributed by atoms with E-state index >= 15 is 0 Å². The highest BCUT2D eigenvalue weighted by Gasteiger charge is 2.51. The molecule has 3 rings (SSSR count). The molecular formula is C27H42F2O2. The molecule has 3 aliphatic carbocycles. The van der Waals surface area contributed by atoms with E-state index < -0.39 is 18.1 Å². The maximum Gasteiger partial charge on any atom is 0.298 e. The van der Waals surface area contributed by atoms with Crippen molar-refractivity contribution in [3.63, 3.8) is 0 Å². The van der Waals surface area contributed by atoms with Crippen LogP contribution in [0.4, 0.5) is 8.78 Å². The van der Waals surface area contributed by atoms with Crippen LogP contribution in [0.25, 0.3) is 0 Å². The van der Waals surface area contributed by atoms with E-state index in [1.807, 2.05) is 6.08 Å². The Bertz CT molecular complexity index is 723. The molecule has 4 heteroatoms. The normalized spacial score (nSPS) is 39.3. The number of allylic oxidation sites excluding steroid dienone is 3. The number of rotatable bonds is 6. The standard InChI is InChI=1S/C27H42F2O2/c1-17(2)8-6-9-18(3)21-13-14-23-20(10-7-15-26(21,23)5)11-12-22-19(4)24(30)16-25(31)27(22,28)29/h11-12,17-18,21,23-25,30-31H,4,6-10,13-16H2,1-3,5H3/b20-11+,22-12-/t18-,21-,23+,24+,25+,26-/m1/s1. The van der Waals surface area contributed by atoms with Crippen molar-refractivity contribution in [1.82, 2.24) is 0 Å². The third-order valence-electron chi connectivity index (χ3n) is 8.60. The van der Waals surface area contributed by atoms with E-state index in [0.717, 1.165) is 25.2 Å². The third-order valence-corrected chi connectivity index (χ3v) is 8.60. The zero-order chi connectivity index (χ0) is 23.0. The Kier molecular flexibility index (Phi) is 7.53. The van der Waals surface area contributed by atoms with Crippen molar-refractivity contribution in [2.45, 2.75) is 104 Å². The fraction of sp³-hybridized carbons (Fsp3) is 0.778. The Morgan fingerprint density at radius 1 is 1.13 bits per heavy atom. The van der Waals surface area contributed by atoms with Crippen molar-refractivity contribution in [3.8, 4) is 0 Å². The molecule has 3 aliphatic rings. The highest BCUT2D eigenvalue weighted by molar-refractivity contribution is 5.44. The predicted molar refractivity (Wildman–Crippen MR) is 123 cm³/mol. The summed E-state index contributed by atoms with van der Waals surface area (Å²) in [6, 6.07) is 0. The van der Waals surface area contributed by atoms with Gasteiger partial charge in [0.2, 0.25) is 0 Å². The Hall–Kier alpha value is -1.00. The lowest BCUT2D eigenvalue weighted by Gasteiger charge is -2.44. The maximum atomic E-state index is 14.6. The molecule has 0 heterocycles. The molecule has 176 valence electrons. The number of halogens is 2. The van der Waals surface area contributed by atoms with Gasteiger partial charge in [0.05, 0.1) is 6.10 Å². The van der Waals surface area contributed by atoms with Gasteiger partial charge in [-0.15, -0.1) is 0 Å². The number of hydrogen-bond acceptors (Lipinski definition) is 2. The van der Waals surface area contributed by atoms with Crippen molar-refractivity contribution >= 4 is 0 Å². The molecule has 0 radical (unpaired) electrons. The molecule has 6 atom stereocenters. The minimum atomic E-state index is -3.37. The van der Waals surface area contributed by atoms with Crippen LogP contribution >= 0.6 is 0 Å². The first-order chi connectivity index (χ1) is 14.5. The smallest absolute Gasteiger partial charge is 0.298 e. The first kappa shape index (κ1) is 24.6. The minimum Gasteiger partial charge on any atom is -0.388 e. The van der Waals surface area contributed by atoms with Crippen LogP contribution in [0.5, 0.6) is 0 Å². The average Bonchev–Trinajstić information content (AvgIpc) is 3.04. The number of alkyl halides is 2. The summed E-state index contributed by atoms with van der Waals surface area (Å²) in [5.74, 6) is -0.791. The lowest BCUT2D eigenvalue weighted by Crippen LogP contribution is -2.44. The molecule has 3 fully saturated rings. The molecule has 2 N–H and O–H groups in total. The van der Waals surface area contributed by atoms with Gasteiger partial charge in [0.15, 0.2) is 0 Å². The van der Waals surface area contributed by atoms with Crippen LogP contribution in [0.2, 0.25) is 0 Å². The number of aliphatic hydroxyl groups is 2. The van der Waals surface area contributed by atoms with Crippen LogP contribution in [0.1, 0.15) is 85.5 Å². The number of fused-ring (bicyclic) bond motifs is 1. The lowest BCUT2D eigenvalue weighted by molar-refractivity contribution is -0.103. The quantitative estimate of drug-likeness (QED) is 0.479. The maximum absolute atomic E-state index is 14.6. The van der Waals surface area contributed by atoms with Gasteiger partial charge in [-0.1, -0.05) is 71.3 Å². The van der Waals surface area contributed by atoms with Gasteiger partial charge in [-0.05, 0) is 66.8 Å². The van der Waals surface area contributed by atoms with E-state index in [4.69, 9.17) is 0 Å². The third kappa shape index (κ3) is 4.85. The summed E-state index contributed by atoms with van der Waals surface area (Å²) in [6.07, 6.45) is 9.42.